The lowest BCUT2D eigenvalue weighted by atomic mass is 10.2. The second-order valence-corrected chi connectivity index (χ2v) is 4.01. The fraction of sp³-hybridized carbons (Fsp3) is 0.750. The molecule has 0 radical (unpaired) electrons. The molecule has 1 amide bonds. The molecule has 2 N–H and O–H groups in total. The van der Waals surface area contributed by atoms with Crippen molar-refractivity contribution in [1.82, 2.24) is 10.6 Å². The molecule has 1 unspecified atom stereocenters. The average molecular weight is 208 g/mol. The van der Waals surface area contributed by atoms with E-state index in [0.717, 1.165) is 32.4 Å². The Morgan fingerprint density at radius 2 is 2.40 bits per heavy atom. The van der Waals surface area contributed by atoms with Crippen LogP contribution in [0, 0.1) is 12.3 Å². The summed E-state index contributed by atoms with van der Waals surface area (Å²) in [7, 11) is 0. The standard InChI is InChI=1S/C12H20N2O/c1-2-3-4-5-8-12(15)14-10-11-7-6-9-13-11/h1,11,13H,3-10H2,(H,14,15). The van der Waals surface area contributed by atoms with Gasteiger partial charge in [-0.1, -0.05) is 0 Å². The van der Waals surface area contributed by atoms with Crippen molar-refractivity contribution in [3.63, 3.8) is 0 Å². The smallest absolute Gasteiger partial charge is 0.220 e. The molecule has 0 aliphatic carbocycles. The molecule has 1 fully saturated rings. The van der Waals surface area contributed by atoms with Crippen LogP contribution in [0.15, 0.2) is 0 Å². The van der Waals surface area contributed by atoms with Gasteiger partial charge in [0.05, 0.1) is 0 Å². The molecule has 84 valence electrons. The summed E-state index contributed by atoms with van der Waals surface area (Å²) in [4.78, 5) is 11.4. The van der Waals surface area contributed by atoms with Crippen molar-refractivity contribution in [1.29, 1.82) is 0 Å². The molecule has 0 aromatic carbocycles. The third kappa shape index (κ3) is 5.44. The molecule has 0 aromatic rings. The topological polar surface area (TPSA) is 41.1 Å². The summed E-state index contributed by atoms with van der Waals surface area (Å²) in [6, 6.07) is 0.486. The van der Waals surface area contributed by atoms with Crippen LogP contribution < -0.4 is 10.6 Å². The SMILES string of the molecule is C#CCCCCC(=O)NCC1CCCN1. The van der Waals surface area contributed by atoms with E-state index in [4.69, 9.17) is 6.42 Å². The van der Waals surface area contributed by atoms with Crippen molar-refractivity contribution in [3.05, 3.63) is 0 Å². The zero-order chi connectivity index (χ0) is 10.9. The second-order valence-electron chi connectivity index (χ2n) is 4.01. The fourth-order valence-corrected chi connectivity index (χ4v) is 1.77. The van der Waals surface area contributed by atoms with Gasteiger partial charge in [0.15, 0.2) is 0 Å². The van der Waals surface area contributed by atoms with E-state index in [-0.39, 0.29) is 5.91 Å². The molecule has 3 nitrogen and oxygen atoms in total. The molecular weight excluding hydrogens is 188 g/mol. The van der Waals surface area contributed by atoms with Crippen molar-refractivity contribution in [2.45, 2.75) is 44.6 Å². The summed E-state index contributed by atoms with van der Waals surface area (Å²) in [5.74, 6) is 2.73. The monoisotopic (exact) mass is 208 g/mol. The Labute approximate surface area is 92.0 Å². The van der Waals surface area contributed by atoms with Crippen molar-refractivity contribution in [2.75, 3.05) is 13.1 Å². The maximum absolute atomic E-state index is 11.4. The zero-order valence-electron chi connectivity index (χ0n) is 9.22. The Bertz CT molecular complexity index is 226. The van der Waals surface area contributed by atoms with Gasteiger partial charge >= 0.3 is 0 Å². The number of nitrogens with one attached hydrogen (secondary N) is 2. The predicted molar refractivity (Wildman–Crippen MR) is 61.3 cm³/mol. The van der Waals surface area contributed by atoms with Gasteiger partial charge in [0.1, 0.15) is 0 Å². The maximum Gasteiger partial charge on any atom is 0.220 e. The van der Waals surface area contributed by atoms with Gasteiger partial charge in [-0.2, -0.15) is 0 Å². The van der Waals surface area contributed by atoms with E-state index in [9.17, 15) is 4.79 Å². The summed E-state index contributed by atoms with van der Waals surface area (Å²) in [6.07, 6.45) is 10.8. The summed E-state index contributed by atoms with van der Waals surface area (Å²) in [6.45, 7) is 1.86. The Morgan fingerprint density at radius 3 is 3.07 bits per heavy atom. The molecule has 1 heterocycles. The van der Waals surface area contributed by atoms with Crippen LogP contribution in [0.2, 0.25) is 0 Å². The van der Waals surface area contributed by atoms with E-state index >= 15 is 0 Å². The van der Waals surface area contributed by atoms with Gasteiger partial charge in [0.2, 0.25) is 5.91 Å². The number of hydrogen-bond acceptors (Lipinski definition) is 2. The molecule has 3 heteroatoms. The van der Waals surface area contributed by atoms with Crippen molar-refractivity contribution in [3.8, 4) is 12.3 Å². The molecule has 0 bridgehead atoms. The first-order valence-corrected chi connectivity index (χ1v) is 5.76. The van der Waals surface area contributed by atoms with Crippen LogP contribution in [0.4, 0.5) is 0 Å². The Hall–Kier alpha value is -1.01. The van der Waals surface area contributed by atoms with Crippen LogP contribution in [-0.2, 0) is 4.79 Å². The molecule has 1 atom stereocenters. The molecular formula is C12H20N2O. The van der Waals surface area contributed by atoms with E-state index in [2.05, 4.69) is 16.6 Å². The highest BCUT2D eigenvalue weighted by molar-refractivity contribution is 5.75. The lowest BCUT2D eigenvalue weighted by Crippen LogP contribution is -2.37. The number of unbranched alkanes of at least 4 members (excludes halogenated alkanes) is 2. The van der Waals surface area contributed by atoms with Gasteiger partial charge in [0.25, 0.3) is 0 Å². The van der Waals surface area contributed by atoms with Crippen LogP contribution in [0.3, 0.4) is 0 Å². The number of hydrogen-bond donors (Lipinski definition) is 2. The number of carbonyl (C=O) groups is 1. The Morgan fingerprint density at radius 1 is 1.53 bits per heavy atom. The number of terminal acetylenes is 1. The van der Waals surface area contributed by atoms with Gasteiger partial charge in [-0.25, -0.2) is 0 Å². The molecule has 0 spiro atoms. The molecule has 1 aliphatic rings. The third-order valence-electron chi connectivity index (χ3n) is 2.68. The first kappa shape index (κ1) is 12.1. The highest BCUT2D eigenvalue weighted by atomic mass is 16.1. The molecule has 1 aliphatic heterocycles. The van der Waals surface area contributed by atoms with Crippen molar-refractivity contribution >= 4 is 5.91 Å². The molecule has 0 aromatic heterocycles. The van der Waals surface area contributed by atoms with E-state index in [1.807, 2.05) is 0 Å². The third-order valence-corrected chi connectivity index (χ3v) is 2.68. The molecule has 15 heavy (non-hydrogen) atoms. The average Bonchev–Trinajstić information content (AvgIpc) is 2.74. The quantitative estimate of drug-likeness (QED) is 0.506. The Kier molecular flexibility index (Phi) is 5.87. The molecule has 1 saturated heterocycles. The van der Waals surface area contributed by atoms with Crippen molar-refractivity contribution < 1.29 is 4.79 Å². The summed E-state index contributed by atoms with van der Waals surface area (Å²) in [5, 5.41) is 6.30. The molecule has 0 saturated carbocycles. The van der Waals surface area contributed by atoms with Crippen LogP contribution in [0.25, 0.3) is 0 Å². The maximum atomic E-state index is 11.4. The Balaban J connectivity index is 1.96. The normalized spacial score (nSPS) is 19.8. The van der Waals surface area contributed by atoms with Crippen LogP contribution in [0.5, 0.6) is 0 Å². The predicted octanol–water partition coefficient (Wildman–Crippen LogP) is 1.05. The zero-order valence-corrected chi connectivity index (χ0v) is 9.22. The van der Waals surface area contributed by atoms with Gasteiger partial charge in [0, 0.05) is 25.4 Å². The minimum absolute atomic E-state index is 0.153. The second kappa shape index (κ2) is 7.30. The fourth-order valence-electron chi connectivity index (χ4n) is 1.77. The minimum Gasteiger partial charge on any atom is -0.355 e. The summed E-state index contributed by atoms with van der Waals surface area (Å²) < 4.78 is 0. The van der Waals surface area contributed by atoms with E-state index < -0.39 is 0 Å². The largest absolute Gasteiger partial charge is 0.355 e. The molecule has 1 rings (SSSR count). The van der Waals surface area contributed by atoms with Gasteiger partial charge in [-0.05, 0) is 32.2 Å². The number of carbonyl (C=O) groups excluding carboxylic acids is 1. The van der Waals surface area contributed by atoms with Crippen LogP contribution in [0.1, 0.15) is 38.5 Å². The number of rotatable bonds is 6. The highest BCUT2D eigenvalue weighted by Gasteiger charge is 2.14. The van der Waals surface area contributed by atoms with Crippen molar-refractivity contribution in [2.24, 2.45) is 0 Å². The highest BCUT2D eigenvalue weighted by Crippen LogP contribution is 2.03. The van der Waals surface area contributed by atoms with Crippen LogP contribution >= 0.6 is 0 Å². The minimum atomic E-state index is 0.153. The summed E-state index contributed by atoms with van der Waals surface area (Å²) >= 11 is 0. The van der Waals surface area contributed by atoms with E-state index in [0.29, 0.717) is 12.5 Å². The van der Waals surface area contributed by atoms with Gasteiger partial charge in [-0.3, -0.25) is 4.79 Å². The first-order chi connectivity index (χ1) is 7.33. The lowest BCUT2D eigenvalue weighted by molar-refractivity contribution is -0.121. The van der Waals surface area contributed by atoms with Gasteiger partial charge < -0.3 is 10.6 Å². The van der Waals surface area contributed by atoms with Gasteiger partial charge in [-0.15, -0.1) is 12.3 Å². The van der Waals surface area contributed by atoms with E-state index in [1.165, 1.54) is 12.8 Å². The van der Waals surface area contributed by atoms with Crippen LogP contribution in [-0.4, -0.2) is 25.0 Å². The number of amides is 1. The lowest BCUT2D eigenvalue weighted by Gasteiger charge is -2.11. The summed E-state index contributed by atoms with van der Waals surface area (Å²) in [5.41, 5.74) is 0. The first-order valence-electron chi connectivity index (χ1n) is 5.76. The van der Waals surface area contributed by atoms with E-state index in [1.54, 1.807) is 0 Å².